The monoisotopic (exact) mass is 215 g/mol. The van der Waals surface area contributed by atoms with E-state index in [1.807, 2.05) is 16.9 Å². The van der Waals surface area contributed by atoms with Crippen LogP contribution in [0.2, 0.25) is 0 Å². The molecule has 84 valence electrons. The molecule has 0 aliphatic heterocycles. The summed E-state index contributed by atoms with van der Waals surface area (Å²) in [6.07, 6.45) is 1.84. The molecule has 0 unspecified atom stereocenters. The van der Waals surface area contributed by atoms with Crippen LogP contribution in [0.25, 0.3) is 0 Å². The Bertz CT molecular complexity index is 460. The van der Waals surface area contributed by atoms with E-state index in [9.17, 15) is 0 Å². The van der Waals surface area contributed by atoms with Gasteiger partial charge < -0.3 is 5.32 Å². The van der Waals surface area contributed by atoms with Gasteiger partial charge >= 0.3 is 0 Å². The van der Waals surface area contributed by atoms with E-state index in [1.165, 1.54) is 16.9 Å². The first-order chi connectivity index (χ1) is 7.75. The van der Waals surface area contributed by atoms with E-state index in [2.05, 4.69) is 48.5 Å². The lowest BCUT2D eigenvalue weighted by molar-refractivity contribution is 0.620. The Morgan fingerprint density at radius 2 is 2.12 bits per heavy atom. The lowest BCUT2D eigenvalue weighted by atomic mass is 10.2. The zero-order chi connectivity index (χ0) is 11.4. The molecule has 0 atom stereocenters. The average molecular weight is 215 g/mol. The largest absolute Gasteiger partial charge is 0.383 e. The van der Waals surface area contributed by atoms with Crippen LogP contribution in [0.4, 0.5) is 5.69 Å². The summed E-state index contributed by atoms with van der Waals surface area (Å²) in [6.45, 7) is 5.96. The van der Waals surface area contributed by atoms with Gasteiger partial charge in [0.05, 0.1) is 6.54 Å². The Balaban J connectivity index is 1.87. The number of nitrogens with one attached hydrogen (secondary N) is 1. The topological polar surface area (TPSA) is 29.9 Å². The van der Waals surface area contributed by atoms with E-state index in [-0.39, 0.29) is 0 Å². The molecule has 0 fully saturated rings. The molecule has 0 amide bonds. The van der Waals surface area contributed by atoms with Crippen molar-refractivity contribution in [2.45, 2.75) is 20.4 Å². The molecule has 1 heterocycles. The van der Waals surface area contributed by atoms with Crippen LogP contribution in [0.1, 0.15) is 11.3 Å². The highest BCUT2D eigenvalue weighted by Gasteiger charge is 1.96. The number of rotatable bonds is 4. The van der Waals surface area contributed by atoms with Crippen molar-refractivity contribution < 1.29 is 0 Å². The normalized spacial score (nSPS) is 10.4. The predicted molar refractivity (Wildman–Crippen MR) is 66.6 cm³/mol. The third kappa shape index (κ3) is 2.63. The van der Waals surface area contributed by atoms with Gasteiger partial charge in [-0.15, -0.1) is 0 Å². The minimum atomic E-state index is 0.895. The molecule has 0 bridgehead atoms. The Labute approximate surface area is 96.1 Å². The van der Waals surface area contributed by atoms with Crippen LogP contribution in [0.15, 0.2) is 36.5 Å². The summed E-state index contributed by atoms with van der Waals surface area (Å²) in [5, 5.41) is 7.63. The highest BCUT2D eigenvalue weighted by atomic mass is 15.3. The standard InChI is InChI=1S/C13H17N3/c1-11-4-3-5-13(10-11)14-8-9-16-12(2)6-7-15-16/h3-7,10,14H,8-9H2,1-2H3. The third-order valence-electron chi connectivity index (χ3n) is 2.60. The molecule has 16 heavy (non-hydrogen) atoms. The van der Waals surface area contributed by atoms with Gasteiger partial charge in [-0.3, -0.25) is 4.68 Å². The lowest BCUT2D eigenvalue weighted by Gasteiger charge is -2.08. The molecule has 1 aromatic carbocycles. The molecule has 0 saturated heterocycles. The van der Waals surface area contributed by atoms with Gasteiger partial charge in [0.15, 0.2) is 0 Å². The van der Waals surface area contributed by atoms with E-state index < -0.39 is 0 Å². The molecule has 2 aromatic rings. The zero-order valence-electron chi connectivity index (χ0n) is 9.77. The molecule has 1 aromatic heterocycles. The van der Waals surface area contributed by atoms with Crippen LogP contribution in [0.3, 0.4) is 0 Å². The Hall–Kier alpha value is -1.77. The van der Waals surface area contributed by atoms with Gasteiger partial charge in [0, 0.05) is 24.1 Å². The van der Waals surface area contributed by atoms with Gasteiger partial charge in [-0.05, 0) is 37.6 Å². The molecule has 0 aliphatic carbocycles. The van der Waals surface area contributed by atoms with Gasteiger partial charge in [-0.2, -0.15) is 5.10 Å². The quantitative estimate of drug-likeness (QED) is 0.849. The van der Waals surface area contributed by atoms with E-state index in [0.29, 0.717) is 0 Å². The second kappa shape index (κ2) is 4.84. The molecular weight excluding hydrogens is 198 g/mol. The van der Waals surface area contributed by atoms with Crippen LogP contribution in [0.5, 0.6) is 0 Å². The van der Waals surface area contributed by atoms with Crippen LogP contribution >= 0.6 is 0 Å². The van der Waals surface area contributed by atoms with Crippen LogP contribution in [0, 0.1) is 13.8 Å². The molecule has 0 spiro atoms. The smallest absolute Gasteiger partial charge is 0.0585 e. The zero-order valence-corrected chi connectivity index (χ0v) is 9.77. The fourth-order valence-electron chi connectivity index (χ4n) is 1.69. The second-order valence-corrected chi connectivity index (χ2v) is 3.99. The van der Waals surface area contributed by atoms with Crippen LogP contribution < -0.4 is 5.32 Å². The van der Waals surface area contributed by atoms with Crippen molar-refractivity contribution >= 4 is 5.69 Å². The van der Waals surface area contributed by atoms with Crippen molar-refractivity contribution in [2.24, 2.45) is 0 Å². The summed E-state index contributed by atoms with van der Waals surface area (Å²) in [7, 11) is 0. The Morgan fingerprint density at radius 3 is 2.81 bits per heavy atom. The average Bonchev–Trinajstić information content (AvgIpc) is 2.65. The summed E-state index contributed by atoms with van der Waals surface area (Å²) in [5.74, 6) is 0. The van der Waals surface area contributed by atoms with E-state index in [4.69, 9.17) is 0 Å². The van der Waals surface area contributed by atoms with Gasteiger partial charge in [-0.25, -0.2) is 0 Å². The predicted octanol–water partition coefficient (Wildman–Crippen LogP) is 2.61. The summed E-state index contributed by atoms with van der Waals surface area (Å²) in [6, 6.07) is 10.4. The van der Waals surface area contributed by atoms with Crippen LogP contribution in [-0.2, 0) is 6.54 Å². The second-order valence-electron chi connectivity index (χ2n) is 3.99. The number of aryl methyl sites for hydroxylation is 2. The third-order valence-corrected chi connectivity index (χ3v) is 2.60. The summed E-state index contributed by atoms with van der Waals surface area (Å²) in [5.41, 5.74) is 3.65. The molecule has 0 saturated carbocycles. The summed E-state index contributed by atoms with van der Waals surface area (Å²) >= 11 is 0. The van der Waals surface area contributed by atoms with Gasteiger partial charge in [0.1, 0.15) is 0 Å². The number of anilines is 1. The molecular formula is C13H17N3. The number of hydrogen-bond acceptors (Lipinski definition) is 2. The first-order valence-electron chi connectivity index (χ1n) is 5.54. The highest BCUT2D eigenvalue weighted by molar-refractivity contribution is 5.45. The highest BCUT2D eigenvalue weighted by Crippen LogP contribution is 2.09. The van der Waals surface area contributed by atoms with Crippen molar-refractivity contribution in [3.05, 3.63) is 47.8 Å². The van der Waals surface area contributed by atoms with Crippen molar-refractivity contribution in [1.29, 1.82) is 0 Å². The fourth-order valence-corrected chi connectivity index (χ4v) is 1.69. The molecule has 2 rings (SSSR count). The van der Waals surface area contributed by atoms with Gasteiger partial charge in [0.25, 0.3) is 0 Å². The molecule has 3 heteroatoms. The molecule has 1 N–H and O–H groups in total. The van der Waals surface area contributed by atoms with E-state index in [0.717, 1.165) is 13.1 Å². The Kier molecular flexibility index (Phi) is 3.25. The minimum absolute atomic E-state index is 0.895. The van der Waals surface area contributed by atoms with E-state index >= 15 is 0 Å². The fraction of sp³-hybridized carbons (Fsp3) is 0.308. The Morgan fingerprint density at radius 1 is 1.25 bits per heavy atom. The maximum atomic E-state index is 4.24. The lowest BCUT2D eigenvalue weighted by Crippen LogP contribution is -2.12. The minimum Gasteiger partial charge on any atom is -0.383 e. The van der Waals surface area contributed by atoms with E-state index in [1.54, 1.807) is 0 Å². The van der Waals surface area contributed by atoms with Crippen molar-refractivity contribution in [3.8, 4) is 0 Å². The number of hydrogen-bond donors (Lipinski definition) is 1. The SMILES string of the molecule is Cc1cccc(NCCn2nccc2C)c1. The number of aromatic nitrogens is 2. The maximum absolute atomic E-state index is 4.24. The molecule has 3 nitrogen and oxygen atoms in total. The number of nitrogens with zero attached hydrogens (tertiary/aromatic N) is 2. The first kappa shape index (κ1) is 10.7. The summed E-state index contributed by atoms with van der Waals surface area (Å²) < 4.78 is 2.00. The van der Waals surface area contributed by atoms with Gasteiger partial charge in [-0.1, -0.05) is 12.1 Å². The summed E-state index contributed by atoms with van der Waals surface area (Å²) in [4.78, 5) is 0. The van der Waals surface area contributed by atoms with Crippen molar-refractivity contribution in [2.75, 3.05) is 11.9 Å². The first-order valence-corrected chi connectivity index (χ1v) is 5.54. The van der Waals surface area contributed by atoms with Crippen molar-refractivity contribution in [1.82, 2.24) is 9.78 Å². The maximum Gasteiger partial charge on any atom is 0.0585 e. The van der Waals surface area contributed by atoms with Crippen LogP contribution in [-0.4, -0.2) is 16.3 Å². The molecule has 0 aliphatic rings. The number of benzene rings is 1. The van der Waals surface area contributed by atoms with Gasteiger partial charge in [0.2, 0.25) is 0 Å². The van der Waals surface area contributed by atoms with Crippen molar-refractivity contribution in [3.63, 3.8) is 0 Å². The molecule has 0 radical (unpaired) electrons.